The lowest BCUT2D eigenvalue weighted by atomic mass is 10.0. The number of anilines is 1. The van der Waals surface area contributed by atoms with Gasteiger partial charge in [0.15, 0.2) is 0 Å². The van der Waals surface area contributed by atoms with Gasteiger partial charge < -0.3 is 5.32 Å². The lowest BCUT2D eigenvalue weighted by Crippen LogP contribution is -2.28. The highest BCUT2D eigenvalue weighted by Gasteiger charge is 2.17. The molecule has 6 heteroatoms. The fourth-order valence-electron chi connectivity index (χ4n) is 2.59. The second-order valence-corrected chi connectivity index (χ2v) is 7.72. The van der Waals surface area contributed by atoms with Crippen LogP contribution in [-0.2, 0) is 10.0 Å². The van der Waals surface area contributed by atoms with Crippen LogP contribution in [0.4, 0.5) is 5.69 Å². The molecule has 0 heterocycles. The maximum atomic E-state index is 12.5. The van der Waals surface area contributed by atoms with Gasteiger partial charge >= 0.3 is 0 Å². The van der Waals surface area contributed by atoms with Gasteiger partial charge in [-0.05, 0) is 44.0 Å². The summed E-state index contributed by atoms with van der Waals surface area (Å²) in [4.78, 5) is 12.5. The molecule has 2 aromatic rings. The molecule has 0 aromatic heterocycles. The third kappa shape index (κ3) is 4.58. The Morgan fingerprint density at radius 3 is 2.38 bits per heavy atom. The van der Waals surface area contributed by atoms with Gasteiger partial charge in [0.25, 0.3) is 5.91 Å². The number of benzene rings is 2. The van der Waals surface area contributed by atoms with E-state index in [9.17, 15) is 13.2 Å². The molecule has 0 spiro atoms. The summed E-state index contributed by atoms with van der Waals surface area (Å²) in [6.07, 6.45) is 1.10. The molecule has 1 atom stereocenters. The molecule has 2 aromatic carbocycles. The van der Waals surface area contributed by atoms with Crippen LogP contribution >= 0.6 is 0 Å². The Hall–Kier alpha value is -2.34. The molecule has 0 aliphatic carbocycles. The predicted molar refractivity (Wildman–Crippen MR) is 96.7 cm³/mol. The van der Waals surface area contributed by atoms with E-state index >= 15 is 0 Å². The lowest BCUT2D eigenvalue weighted by molar-refractivity contribution is 0.0939. The number of sulfonamides is 1. The number of rotatable bonds is 5. The summed E-state index contributed by atoms with van der Waals surface area (Å²) in [7, 11) is -3.39. The Morgan fingerprint density at radius 1 is 1.08 bits per heavy atom. The summed E-state index contributed by atoms with van der Waals surface area (Å²) in [5.74, 6) is -0.186. The monoisotopic (exact) mass is 346 g/mol. The van der Waals surface area contributed by atoms with Crippen LogP contribution in [0.15, 0.2) is 42.5 Å². The van der Waals surface area contributed by atoms with E-state index < -0.39 is 10.0 Å². The minimum atomic E-state index is -3.39. The zero-order valence-electron chi connectivity index (χ0n) is 14.3. The zero-order valence-corrected chi connectivity index (χ0v) is 15.1. The van der Waals surface area contributed by atoms with Crippen molar-refractivity contribution in [3.05, 3.63) is 64.7 Å². The Bertz CT molecular complexity index is 860. The summed E-state index contributed by atoms with van der Waals surface area (Å²) >= 11 is 0. The number of aryl methyl sites for hydroxylation is 2. The molecule has 0 bridgehead atoms. The second-order valence-electron chi connectivity index (χ2n) is 5.98. The highest BCUT2D eigenvalue weighted by atomic mass is 32.2. The Kier molecular flexibility index (Phi) is 5.29. The molecule has 0 saturated carbocycles. The summed E-state index contributed by atoms with van der Waals surface area (Å²) < 4.78 is 25.5. The van der Waals surface area contributed by atoms with E-state index in [0.29, 0.717) is 16.8 Å². The number of carbonyl (C=O) groups is 1. The molecule has 1 amide bonds. The molecule has 0 aliphatic rings. The SMILES string of the molecule is Cc1ccc(C(=O)NC(C)c2ccccc2NS(C)(=O)=O)c(C)c1. The van der Waals surface area contributed by atoms with Crippen molar-refractivity contribution in [3.8, 4) is 0 Å². The van der Waals surface area contributed by atoms with E-state index in [1.807, 2.05) is 39.0 Å². The first-order valence-electron chi connectivity index (χ1n) is 7.62. The maximum absolute atomic E-state index is 12.5. The Balaban J connectivity index is 2.24. The molecule has 2 rings (SSSR count). The van der Waals surface area contributed by atoms with Crippen LogP contribution in [0.5, 0.6) is 0 Å². The first kappa shape index (κ1) is 18.0. The largest absolute Gasteiger partial charge is 0.345 e. The number of nitrogens with one attached hydrogen (secondary N) is 2. The van der Waals surface area contributed by atoms with Crippen molar-refractivity contribution in [2.75, 3.05) is 11.0 Å². The van der Waals surface area contributed by atoms with E-state index in [0.717, 1.165) is 17.4 Å². The minimum Gasteiger partial charge on any atom is -0.345 e. The van der Waals surface area contributed by atoms with Crippen molar-refractivity contribution in [1.82, 2.24) is 5.32 Å². The van der Waals surface area contributed by atoms with Gasteiger partial charge in [-0.3, -0.25) is 9.52 Å². The quantitative estimate of drug-likeness (QED) is 0.873. The number of para-hydroxylation sites is 1. The van der Waals surface area contributed by atoms with Gasteiger partial charge in [0.05, 0.1) is 18.0 Å². The van der Waals surface area contributed by atoms with E-state index in [1.54, 1.807) is 24.3 Å². The number of hydrogen-bond donors (Lipinski definition) is 2. The summed E-state index contributed by atoms with van der Waals surface area (Å²) in [5.41, 5.74) is 3.79. The number of carbonyl (C=O) groups excluding carboxylic acids is 1. The van der Waals surface area contributed by atoms with Crippen molar-refractivity contribution < 1.29 is 13.2 Å². The van der Waals surface area contributed by atoms with Gasteiger partial charge in [-0.2, -0.15) is 0 Å². The smallest absolute Gasteiger partial charge is 0.252 e. The predicted octanol–water partition coefficient (Wildman–Crippen LogP) is 3.17. The van der Waals surface area contributed by atoms with Gasteiger partial charge in [-0.1, -0.05) is 35.9 Å². The van der Waals surface area contributed by atoms with Crippen molar-refractivity contribution >= 4 is 21.6 Å². The zero-order chi connectivity index (χ0) is 17.9. The molecule has 0 radical (unpaired) electrons. The Labute approximate surface area is 143 Å². The van der Waals surface area contributed by atoms with Crippen LogP contribution < -0.4 is 10.0 Å². The average molecular weight is 346 g/mol. The molecule has 128 valence electrons. The van der Waals surface area contributed by atoms with E-state index in [4.69, 9.17) is 0 Å². The normalized spacial score (nSPS) is 12.5. The standard InChI is InChI=1S/C18H22N2O3S/c1-12-9-10-15(13(2)11-12)18(21)19-14(3)16-7-5-6-8-17(16)20-24(4,22)23/h5-11,14,20H,1-4H3,(H,19,21). The number of hydrogen-bond acceptors (Lipinski definition) is 3. The van der Waals surface area contributed by atoms with Crippen molar-refractivity contribution in [1.29, 1.82) is 0 Å². The fraction of sp³-hybridized carbons (Fsp3) is 0.278. The van der Waals surface area contributed by atoms with Crippen molar-refractivity contribution in [3.63, 3.8) is 0 Å². The maximum Gasteiger partial charge on any atom is 0.252 e. The number of amides is 1. The van der Waals surface area contributed by atoms with Crippen LogP contribution in [0.3, 0.4) is 0 Å². The van der Waals surface area contributed by atoms with Crippen LogP contribution in [0.1, 0.15) is 40.0 Å². The van der Waals surface area contributed by atoms with Crippen molar-refractivity contribution in [2.24, 2.45) is 0 Å². The molecule has 2 N–H and O–H groups in total. The van der Waals surface area contributed by atoms with Crippen LogP contribution in [0, 0.1) is 13.8 Å². The molecule has 5 nitrogen and oxygen atoms in total. The molecule has 1 unspecified atom stereocenters. The summed E-state index contributed by atoms with van der Waals surface area (Å²) in [6, 6.07) is 12.3. The fourth-order valence-corrected chi connectivity index (χ4v) is 3.17. The highest BCUT2D eigenvalue weighted by Crippen LogP contribution is 2.24. The van der Waals surface area contributed by atoms with Crippen LogP contribution in [0.2, 0.25) is 0 Å². The third-order valence-electron chi connectivity index (χ3n) is 3.70. The minimum absolute atomic E-state index is 0.186. The second kappa shape index (κ2) is 7.05. The van der Waals surface area contributed by atoms with Crippen LogP contribution in [-0.4, -0.2) is 20.6 Å². The molecule has 0 aliphatic heterocycles. The first-order valence-corrected chi connectivity index (χ1v) is 9.51. The van der Waals surface area contributed by atoms with E-state index in [-0.39, 0.29) is 11.9 Å². The highest BCUT2D eigenvalue weighted by molar-refractivity contribution is 7.92. The van der Waals surface area contributed by atoms with Crippen LogP contribution in [0.25, 0.3) is 0 Å². The average Bonchev–Trinajstić information content (AvgIpc) is 2.45. The van der Waals surface area contributed by atoms with Gasteiger partial charge in [0.1, 0.15) is 0 Å². The molecular formula is C18H22N2O3S. The lowest BCUT2D eigenvalue weighted by Gasteiger charge is -2.19. The van der Waals surface area contributed by atoms with Gasteiger partial charge in [-0.15, -0.1) is 0 Å². The molecule has 0 saturated heterocycles. The molecular weight excluding hydrogens is 324 g/mol. The third-order valence-corrected chi connectivity index (χ3v) is 4.29. The van der Waals surface area contributed by atoms with Gasteiger partial charge in [0, 0.05) is 5.56 Å². The first-order chi connectivity index (χ1) is 11.2. The molecule has 0 fully saturated rings. The summed E-state index contributed by atoms with van der Waals surface area (Å²) in [6.45, 7) is 5.69. The molecule has 24 heavy (non-hydrogen) atoms. The van der Waals surface area contributed by atoms with Crippen molar-refractivity contribution in [2.45, 2.75) is 26.8 Å². The van der Waals surface area contributed by atoms with Gasteiger partial charge in [-0.25, -0.2) is 8.42 Å². The van der Waals surface area contributed by atoms with E-state index in [1.165, 1.54) is 0 Å². The summed E-state index contributed by atoms with van der Waals surface area (Å²) in [5, 5.41) is 2.93. The van der Waals surface area contributed by atoms with E-state index in [2.05, 4.69) is 10.0 Å². The topological polar surface area (TPSA) is 75.3 Å². The Morgan fingerprint density at radius 2 is 1.75 bits per heavy atom. The van der Waals surface area contributed by atoms with Gasteiger partial charge in [0.2, 0.25) is 10.0 Å².